The first-order chi connectivity index (χ1) is 5.83. The van der Waals surface area contributed by atoms with Crippen LogP contribution in [0.5, 0.6) is 0 Å². The minimum atomic E-state index is 0.350. The largest absolute Gasteiger partial charge is 0.299 e. The number of hydrogen-bond acceptors (Lipinski definition) is 4. The van der Waals surface area contributed by atoms with Gasteiger partial charge in [0.25, 0.3) is 0 Å². The smallest absolute Gasteiger partial charge is 0.125 e. The summed E-state index contributed by atoms with van der Waals surface area (Å²) in [5, 5.41) is 11.2. The van der Waals surface area contributed by atoms with E-state index in [1.54, 1.807) is 6.20 Å². The Morgan fingerprint density at radius 3 is 3.17 bits per heavy atom. The molecule has 1 N–H and O–H groups in total. The molecule has 12 heavy (non-hydrogen) atoms. The van der Waals surface area contributed by atoms with Crippen LogP contribution in [0.2, 0.25) is 0 Å². The summed E-state index contributed by atoms with van der Waals surface area (Å²) < 4.78 is 0. The summed E-state index contributed by atoms with van der Waals surface area (Å²) in [6.45, 7) is 2.81. The summed E-state index contributed by atoms with van der Waals surface area (Å²) in [6.07, 6.45) is 1.71. The van der Waals surface area contributed by atoms with E-state index in [4.69, 9.17) is 5.26 Å². The molecule has 62 valence electrons. The van der Waals surface area contributed by atoms with Gasteiger partial charge in [-0.1, -0.05) is 0 Å². The van der Waals surface area contributed by atoms with Crippen LogP contribution < -0.4 is 5.32 Å². The molecule has 0 fully saturated rings. The number of rotatable bonds is 3. The van der Waals surface area contributed by atoms with E-state index in [0.29, 0.717) is 13.1 Å². The lowest BCUT2D eigenvalue weighted by atomic mass is 10.4. The summed E-state index contributed by atoms with van der Waals surface area (Å²) in [7, 11) is 0. The summed E-state index contributed by atoms with van der Waals surface area (Å²) in [4.78, 5) is 8.13. The van der Waals surface area contributed by atoms with Crippen molar-refractivity contribution in [3.8, 4) is 6.07 Å². The summed E-state index contributed by atoms with van der Waals surface area (Å²) >= 11 is 0. The molecular weight excluding hydrogens is 152 g/mol. The molecule has 0 saturated heterocycles. The van der Waals surface area contributed by atoms with Gasteiger partial charge in [-0.2, -0.15) is 5.26 Å². The second-order valence-corrected chi connectivity index (χ2v) is 2.36. The van der Waals surface area contributed by atoms with Crippen LogP contribution in [-0.4, -0.2) is 16.5 Å². The first-order valence-corrected chi connectivity index (χ1v) is 3.69. The average molecular weight is 162 g/mol. The van der Waals surface area contributed by atoms with Crippen LogP contribution >= 0.6 is 0 Å². The number of nitrogens with one attached hydrogen (secondary N) is 1. The molecule has 0 unspecified atom stereocenters. The molecular formula is C8H10N4. The maximum Gasteiger partial charge on any atom is 0.125 e. The number of nitriles is 1. The topological polar surface area (TPSA) is 61.6 Å². The van der Waals surface area contributed by atoms with Gasteiger partial charge >= 0.3 is 0 Å². The van der Waals surface area contributed by atoms with Crippen molar-refractivity contribution >= 4 is 0 Å². The zero-order valence-corrected chi connectivity index (χ0v) is 6.91. The average Bonchev–Trinajstić information content (AvgIpc) is 2.05. The van der Waals surface area contributed by atoms with E-state index in [-0.39, 0.29) is 0 Å². The van der Waals surface area contributed by atoms with Crippen molar-refractivity contribution < 1.29 is 0 Å². The van der Waals surface area contributed by atoms with Crippen molar-refractivity contribution in [1.29, 1.82) is 5.26 Å². The second-order valence-electron chi connectivity index (χ2n) is 2.36. The van der Waals surface area contributed by atoms with Gasteiger partial charge in [0.1, 0.15) is 5.82 Å². The van der Waals surface area contributed by atoms with Crippen LogP contribution in [0.25, 0.3) is 0 Å². The number of aromatic nitrogens is 2. The summed E-state index contributed by atoms with van der Waals surface area (Å²) in [6, 6.07) is 3.83. The lowest BCUT2D eigenvalue weighted by molar-refractivity contribution is 0.737. The van der Waals surface area contributed by atoms with Crippen molar-refractivity contribution in [2.75, 3.05) is 6.54 Å². The fourth-order valence-corrected chi connectivity index (χ4v) is 0.850. The first kappa shape index (κ1) is 8.62. The van der Waals surface area contributed by atoms with E-state index in [0.717, 1.165) is 11.5 Å². The highest BCUT2D eigenvalue weighted by atomic mass is 14.9. The van der Waals surface area contributed by atoms with Gasteiger partial charge in [0.15, 0.2) is 0 Å². The highest BCUT2D eigenvalue weighted by molar-refractivity contribution is 5.01. The molecule has 0 saturated carbocycles. The number of aryl methyl sites for hydroxylation is 1. The third kappa shape index (κ3) is 2.64. The Bertz CT molecular complexity index is 289. The van der Waals surface area contributed by atoms with Gasteiger partial charge in [-0.15, -0.1) is 0 Å². The molecule has 0 atom stereocenters. The third-order valence-electron chi connectivity index (χ3n) is 1.34. The van der Waals surface area contributed by atoms with Gasteiger partial charge < -0.3 is 0 Å². The fraction of sp³-hybridized carbons (Fsp3) is 0.375. The Labute approximate surface area is 71.3 Å². The van der Waals surface area contributed by atoms with Gasteiger partial charge in [0.2, 0.25) is 0 Å². The van der Waals surface area contributed by atoms with Crippen molar-refractivity contribution in [2.24, 2.45) is 0 Å². The Kier molecular flexibility index (Phi) is 3.17. The van der Waals surface area contributed by atoms with E-state index >= 15 is 0 Å². The lowest BCUT2D eigenvalue weighted by Gasteiger charge is -1.99. The van der Waals surface area contributed by atoms with Crippen LogP contribution in [-0.2, 0) is 6.54 Å². The Morgan fingerprint density at radius 1 is 1.67 bits per heavy atom. The molecule has 4 nitrogen and oxygen atoms in total. The normalized spacial score (nSPS) is 9.33. The molecule has 0 radical (unpaired) electrons. The maximum atomic E-state index is 8.25. The molecule has 0 aromatic carbocycles. The highest BCUT2D eigenvalue weighted by Crippen LogP contribution is 1.92. The molecule has 0 aliphatic heterocycles. The number of nitrogens with zero attached hydrogens (tertiary/aromatic N) is 3. The number of hydrogen-bond donors (Lipinski definition) is 1. The quantitative estimate of drug-likeness (QED) is 0.516. The first-order valence-electron chi connectivity index (χ1n) is 3.69. The molecule has 0 amide bonds. The predicted molar refractivity (Wildman–Crippen MR) is 44.1 cm³/mol. The van der Waals surface area contributed by atoms with Crippen molar-refractivity contribution in [1.82, 2.24) is 15.3 Å². The van der Waals surface area contributed by atoms with Gasteiger partial charge in [0.05, 0.1) is 18.3 Å². The van der Waals surface area contributed by atoms with Gasteiger partial charge in [-0.05, 0) is 13.0 Å². The van der Waals surface area contributed by atoms with Crippen LogP contribution in [0.1, 0.15) is 11.5 Å². The molecule has 1 heterocycles. The fourth-order valence-electron chi connectivity index (χ4n) is 0.850. The van der Waals surface area contributed by atoms with Crippen LogP contribution in [0, 0.1) is 18.3 Å². The third-order valence-corrected chi connectivity index (χ3v) is 1.34. The standard InChI is InChI=1S/C8H10N4/c1-7-11-4-2-8(12-7)6-10-5-3-9/h2,4,10H,5-6H2,1H3. The van der Waals surface area contributed by atoms with Crippen LogP contribution in [0.15, 0.2) is 12.3 Å². The predicted octanol–water partition coefficient (Wildman–Crippen LogP) is 0.398. The Balaban J connectivity index is 2.48. The molecule has 1 rings (SSSR count). The van der Waals surface area contributed by atoms with Gasteiger partial charge in [-0.3, -0.25) is 5.32 Å². The second kappa shape index (κ2) is 4.42. The highest BCUT2D eigenvalue weighted by Gasteiger charge is 1.93. The molecule has 0 bridgehead atoms. The van der Waals surface area contributed by atoms with Crippen molar-refractivity contribution in [3.63, 3.8) is 0 Å². The monoisotopic (exact) mass is 162 g/mol. The van der Waals surface area contributed by atoms with E-state index in [1.807, 2.05) is 19.1 Å². The van der Waals surface area contributed by atoms with E-state index < -0.39 is 0 Å². The van der Waals surface area contributed by atoms with E-state index in [1.165, 1.54) is 0 Å². The van der Waals surface area contributed by atoms with E-state index in [2.05, 4.69) is 15.3 Å². The summed E-state index contributed by atoms with van der Waals surface area (Å²) in [5.41, 5.74) is 0.915. The van der Waals surface area contributed by atoms with Crippen LogP contribution in [0.3, 0.4) is 0 Å². The maximum absolute atomic E-state index is 8.25. The van der Waals surface area contributed by atoms with Crippen molar-refractivity contribution in [2.45, 2.75) is 13.5 Å². The molecule has 0 aliphatic rings. The van der Waals surface area contributed by atoms with Crippen LogP contribution in [0.4, 0.5) is 0 Å². The molecule has 1 aromatic heterocycles. The van der Waals surface area contributed by atoms with E-state index in [9.17, 15) is 0 Å². The Hall–Kier alpha value is -1.47. The molecule has 4 heteroatoms. The van der Waals surface area contributed by atoms with Crippen molar-refractivity contribution in [3.05, 3.63) is 23.8 Å². The molecule has 1 aromatic rings. The summed E-state index contributed by atoms with van der Waals surface area (Å²) in [5.74, 6) is 0.756. The lowest BCUT2D eigenvalue weighted by Crippen LogP contribution is -2.14. The minimum absolute atomic E-state index is 0.350. The zero-order valence-electron chi connectivity index (χ0n) is 6.91. The SMILES string of the molecule is Cc1nccc(CNCC#N)n1. The van der Waals surface area contributed by atoms with Gasteiger partial charge in [0, 0.05) is 12.7 Å². The molecule has 0 aliphatic carbocycles. The minimum Gasteiger partial charge on any atom is -0.299 e. The molecule has 0 spiro atoms. The Morgan fingerprint density at radius 2 is 2.50 bits per heavy atom. The zero-order chi connectivity index (χ0) is 8.81. The van der Waals surface area contributed by atoms with Gasteiger partial charge in [-0.25, -0.2) is 9.97 Å².